The number of anilines is 1. The normalized spacial score (nSPS) is 11.9. The van der Waals surface area contributed by atoms with Gasteiger partial charge in [-0.25, -0.2) is 0 Å². The third kappa shape index (κ3) is 3.32. The van der Waals surface area contributed by atoms with E-state index in [4.69, 9.17) is 17.3 Å². The first-order chi connectivity index (χ1) is 9.49. The lowest BCUT2D eigenvalue weighted by molar-refractivity contribution is 0.0939. The van der Waals surface area contributed by atoms with Gasteiger partial charge in [0.25, 0.3) is 5.91 Å². The van der Waals surface area contributed by atoms with Gasteiger partial charge in [-0.15, -0.1) is 0 Å². The number of nitrogens with two attached hydrogens (primary N) is 1. The molecule has 2 aromatic carbocycles. The predicted molar refractivity (Wildman–Crippen MR) is 85.9 cm³/mol. The number of amides is 1. The topological polar surface area (TPSA) is 55.1 Å². The van der Waals surface area contributed by atoms with Crippen LogP contribution in [0.15, 0.2) is 46.9 Å². The molecule has 3 nitrogen and oxygen atoms in total. The maximum absolute atomic E-state index is 12.2. The molecular formula is C15H14BrClN2O. The Kier molecular flexibility index (Phi) is 4.68. The van der Waals surface area contributed by atoms with Crippen LogP contribution in [0.4, 0.5) is 5.69 Å². The van der Waals surface area contributed by atoms with Crippen LogP contribution >= 0.6 is 27.5 Å². The van der Waals surface area contributed by atoms with E-state index in [2.05, 4.69) is 21.2 Å². The summed E-state index contributed by atoms with van der Waals surface area (Å²) in [6.07, 6.45) is 0. The van der Waals surface area contributed by atoms with Crippen molar-refractivity contribution in [1.29, 1.82) is 0 Å². The van der Waals surface area contributed by atoms with Crippen molar-refractivity contribution < 1.29 is 4.79 Å². The molecule has 2 aromatic rings. The van der Waals surface area contributed by atoms with Gasteiger partial charge in [-0.2, -0.15) is 0 Å². The molecule has 0 radical (unpaired) electrons. The van der Waals surface area contributed by atoms with Gasteiger partial charge in [0.1, 0.15) is 0 Å². The van der Waals surface area contributed by atoms with Crippen LogP contribution in [0.2, 0.25) is 5.02 Å². The Bertz CT molecular complexity index is 628. The maximum Gasteiger partial charge on any atom is 0.252 e. The summed E-state index contributed by atoms with van der Waals surface area (Å²) in [5, 5.41) is 3.60. The van der Waals surface area contributed by atoms with Gasteiger partial charge in [0.2, 0.25) is 0 Å². The minimum atomic E-state index is -0.174. The molecule has 1 atom stereocenters. The van der Waals surface area contributed by atoms with E-state index in [9.17, 15) is 4.79 Å². The molecule has 2 rings (SSSR count). The van der Waals surface area contributed by atoms with Crippen LogP contribution in [0.25, 0.3) is 0 Å². The van der Waals surface area contributed by atoms with Gasteiger partial charge in [-0.3, -0.25) is 4.79 Å². The fraction of sp³-hybridized carbons (Fsp3) is 0.133. The highest BCUT2D eigenvalue weighted by atomic mass is 79.9. The predicted octanol–water partition coefficient (Wildman–Crippen LogP) is 4.18. The molecule has 0 spiro atoms. The van der Waals surface area contributed by atoms with Crippen molar-refractivity contribution in [2.24, 2.45) is 0 Å². The average Bonchev–Trinajstić information content (AvgIpc) is 2.42. The largest absolute Gasteiger partial charge is 0.398 e. The van der Waals surface area contributed by atoms with Gasteiger partial charge in [0, 0.05) is 10.7 Å². The molecule has 0 aliphatic heterocycles. The van der Waals surface area contributed by atoms with Gasteiger partial charge in [0.15, 0.2) is 0 Å². The van der Waals surface area contributed by atoms with E-state index < -0.39 is 0 Å². The number of hydrogen-bond donors (Lipinski definition) is 2. The molecule has 0 fully saturated rings. The van der Waals surface area contributed by atoms with E-state index >= 15 is 0 Å². The average molecular weight is 354 g/mol. The van der Waals surface area contributed by atoms with Crippen molar-refractivity contribution >= 4 is 39.1 Å². The second kappa shape index (κ2) is 6.29. The number of nitrogen functional groups attached to an aromatic ring is 1. The third-order valence-electron chi connectivity index (χ3n) is 2.99. The Hall–Kier alpha value is -1.52. The number of benzene rings is 2. The molecule has 0 saturated carbocycles. The van der Waals surface area contributed by atoms with Crippen molar-refractivity contribution in [2.45, 2.75) is 13.0 Å². The Morgan fingerprint density at radius 3 is 2.55 bits per heavy atom. The first-order valence-corrected chi connectivity index (χ1v) is 7.26. The number of nitrogens with one attached hydrogen (secondary N) is 1. The van der Waals surface area contributed by atoms with Gasteiger partial charge in [-0.05, 0) is 52.7 Å². The van der Waals surface area contributed by atoms with Crippen LogP contribution in [0.1, 0.15) is 28.9 Å². The molecule has 1 unspecified atom stereocenters. The molecule has 20 heavy (non-hydrogen) atoms. The molecular weight excluding hydrogens is 340 g/mol. The quantitative estimate of drug-likeness (QED) is 0.813. The molecule has 5 heteroatoms. The van der Waals surface area contributed by atoms with E-state index in [1.807, 2.05) is 19.1 Å². The monoisotopic (exact) mass is 352 g/mol. The minimum absolute atomic E-state index is 0.118. The van der Waals surface area contributed by atoms with Gasteiger partial charge < -0.3 is 11.1 Å². The number of halogens is 2. The Balaban J connectivity index is 2.15. The molecule has 0 heterocycles. The van der Waals surface area contributed by atoms with E-state index in [-0.39, 0.29) is 11.9 Å². The van der Waals surface area contributed by atoms with Crippen molar-refractivity contribution in [3.8, 4) is 0 Å². The lowest BCUT2D eigenvalue weighted by Crippen LogP contribution is -2.27. The Labute approximate surface area is 131 Å². The van der Waals surface area contributed by atoms with Crippen molar-refractivity contribution in [1.82, 2.24) is 5.32 Å². The van der Waals surface area contributed by atoms with E-state index in [0.29, 0.717) is 20.7 Å². The molecule has 0 aromatic heterocycles. The zero-order valence-corrected chi connectivity index (χ0v) is 13.2. The third-order valence-corrected chi connectivity index (χ3v) is 4.13. The standard InChI is InChI=1S/C15H14BrClN2O/c1-9(10-5-7-11(17)8-6-10)19-15(20)12-3-2-4-13(18)14(12)16/h2-9H,18H2,1H3,(H,19,20). The first kappa shape index (κ1) is 14.9. The lowest BCUT2D eigenvalue weighted by atomic mass is 10.1. The second-order valence-electron chi connectivity index (χ2n) is 4.46. The summed E-state index contributed by atoms with van der Waals surface area (Å²) in [6.45, 7) is 1.92. The van der Waals surface area contributed by atoms with Gasteiger partial charge in [-0.1, -0.05) is 29.8 Å². The molecule has 1 amide bonds. The van der Waals surface area contributed by atoms with E-state index in [1.165, 1.54) is 0 Å². The highest BCUT2D eigenvalue weighted by Gasteiger charge is 2.15. The summed E-state index contributed by atoms with van der Waals surface area (Å²) in [7, 11) is 0. The fourth-order valence-corrected chi connectivity index (χ4v) is 2.40. The molecule has 0 saturated heterocycles. The number of carbonyl (C=O) groups excluding carboxylic acids is 1. The van der Waals surface area contributed by atoms with Crippen LogP contribution in [0.5, 0.6) is 0 Å². The number of rotatable bonds is 3. The molecule has 0 aliphatic rings. The smallest absolute Gasteiger partial charge is 0.252 e. The summed E-state index contributed by atoms with van der Waals surface area (Å²) < 4.78 is 0.612. The minimum Gasteiger partial charge on any atom is -0.398 e. The summed E-state index contributed by atoms with van der Waals surface area (Å²) in [5.41, 5.74) is 7.82. The van der Waals surface area contributed by atoms with Crippen molar-refractivity contribution in [3.63, 3.8) is 0 Å². The zero-order chi connectivity index (χ0) is 14.7. The summed E-state index contributed by atoms with van der Waals surface area (Å²) in [4.78, 5) is 12.2. The summed E-state index contributed by atoms with van der Waals surface area (Å²) in [6, 6.07) is 12.5. The highest BCUT2D eigenvalue weighted by Crippen LogP contribution is 2.24. The molecule has 3 N–H and O–H groups in total. The van der Waals surface area contributed by atoms with E-state index in [0.717, 1.165) is 5.56 Å². The van der Waals surface area contributed by atoms with Crippen LogP contribution in [0.3, 0.4) is 0 Å². The molecule has 0 bridgehead atoms. The Morgan fingerprint density at radius 2 is 1.90 bits per heavy atom. The summed E-state index contributed by atoms with van der Waals surface area (Å²) >= 11 is 9.18. The van der Waals surface area contributed by atoms with Crippen molar-refractivity contribution in [2.75, 3.05) is 5.73 Å². The zero-order valence-electron chi connectivity index (χ0n) is 10.9. The van der Waals surface area contributed by atoms with Crippen LogP contribution in [0, 0.1) is 0 Å². The van der Waals surface area contributed by atoms with Crippen LogP contribution in [-0.4, -0.2) is 5.91 Å². The SMILES string of the molecule is CC(NC(=O)c1cccc(N)c1Br)c1ccc(Cl)cc1. The van der Waals surface area contributed by atoms with Crippen LogP contribution < -0.4 is 11.1 Å². The summed E-state index contributed by atoms with van der Waals surface area (Å²) in [5.74, 6) is -0.174. The maximum atomic E-state index is 12.2. The lowest BCUT2D eigenvalue weighted by Gasteiger charge is -2.15. The number of hydrogen-bond acceptors (Lipinski definition) is 2. The van der Waals surface area contributed by atoms with Gasteiger partial charge >= 0.3 is 0 Å². The van der Waals surface area contributed by atoms with Crippen molar-refractivity contribution in [3.05, 3.63) is 63.1 Å². The molecule has 0 aliphatic carbocycles. The Morgan fingerprint density at radius 1 is 1.25 bits per heavy atom. The highest BCUT2D eigenvalue weighted by molar-refractivity contribution is 9.10. The van der Waals surface area contributed by atoms with Gasteiger partial charge in [0.05, 0.1) is 16.1 Å². The van der Waals surface area contributed by atoms with Crippen LogP contribution in [-0.2, 0) is 0 Å². The fourth-order valence-electron chi connectivity index (χ4n) is 1.83. The number of carbonyl (C=O) groups is 1. The van der Waals surface area contributed by atoms with E-state index in [1.54, 1.807) is 30.3 Å². The molecule has 104 valence electrons. The second-order valence-corrected chi connectivity index (χ2v) is 5.68. The first-order valence-electron chi connectivity index (χ1n) is 6.09.